The Morgan fingerprint density at radius 1 is 1.18 bits per heavy atom. The smallest absolute Gasteiger partial charge is 0.253 e. The summed E-state index contributed by atoms with van der Waals surface area (Å²) in [7, 11) is 1.78. The first-order valence-electron chi connectivity index (χ1n) is 9.29. The molecule has 1 atom stereocenters. The molecule has 6 heteroatoms. The second-order valence-electron chi connectivity index (χ2n) is 7.07. The number of fused-ring (bicyclic) bond motifs is 1. The van der Waals surface area contributed by atoms with E-state index in [1.165, 1.54) is 0 Å². The van der Waals surface area contributed by atoms with Crippen LogP contribution in [0.15, 0.2) is 48.5 Å². The van der Waals surface area contributed by atoms with Crippen molar-refractivity contribution in [1.82, 2.24) is 15.1 Å². The van der Waals surface area contributed by atoms with Gasteiger partial charge in [0.1, 0.15) is 6.61 Å². The monoisotopic (exact) mass is 377 g/mol. The molecule has 1 aliphatic rings. The summed E-state index contributed by atoms with van der Waals surface area (Å²) in [6, 6.07) is 15.2. The Morgan fingerprint density at radius 2 is 1.96 bits per heavy atom. The van der Waals surface area contributed by atoms with Crippen LogP contribution in [0.2, 0.25) is 0 Å². The molecule has 6 nitrogen and oxygen atoms in total. The molecule has 1 amide bonds. The maximum atomic E-state index is 13.0. The first-order valence-corrected chi connectivity index (χ1v) is 9.29. The van der Waals surface area contributed by atoms with Crippen LogP contribution >= 0.6 is 0 Å². The lowest BCUT2D eigenvalue weighted by Gasteiger charge is -2.29. The third kappa shape index (κ3) is 3.45. The highest BCUT2D eigenvalue weighted by Gasteiger charge is 2.24. The van der Waals surface area contributed by atoms with Crippen molar-refractivity contribution in [2.75, 3.05) is 20.2 Å². The average molecular weight is 377 g/mol. The van der Waals surface area contributed by atoms with Gasteiger partial charge in [-0.1, -0.05) is 24.3 Å². The minimum Gasteiger partial charge on any atom is -0.486 e. The Labute approximate surface area is 164 Å². The zero-order valence-corrected chi connectivity index (χ0v) is 16.2. The summed E-state index contributed by atoms with van der Waals surface area (Å²) in [4.78, 5) is 14.6. The summed E-state index contributed by atoms with van der Waals surface area (Å²) < 4.78 is 11.7. The van der Waals surface area contributed by atoms with Gasteiger partial charge in [0.25, 0.3) is 5.91 Å². The predicted octanol–water partition coefficient (Wildman–Crippen LogP) is 3.61. The number of aromatic amines is 1. The summed E-state index contributed by atoms with van der Waals surface area (Å²) in [5.41, 5.74) is 4.56. The van der Waals surface area contributed by atoms with Crippen molar-refractivity contribution >= 4 is 5.91 Å². The summed E-state index contributed by atoms with van der Waals surface area (Å²) in [5.74, 6) is 1.40. The molecule has 28 heavy (non-hydrogen) atoms. The molecular formula is C22H23N3O3. The molecule has 2 heterocycles. The molecule has 0 bridgehead atoms. The lowest BCUT2D eigenvalue weighted by atomic mass is 10.0. The molecule has 0 unspecified atom stereocenters. The van der Waals surface area contributed by atoms with Gasteiger partial charge in [-0.25, -0.2) is 0 Å². The van der Waals surface area contributed by atoms with E-state index in [1.807, 2.05) is 62.4 Å². The fourth-order valence-electron chi connectivity index (χ4n) is 3.55. The molecule has 1 aliphatic heterocycles. The molecule has 4 rings (SSSR count). The van der Waals surface area contributed by atoms with E-state index in [2.05, 4.69) is 10.2 Å². The topological polar surface area (TPSA) is 67.5 Å². The summed E-state index contributed by atoms with van der Waals surface area (Å²) >= 11 is 0. The van der Waals surface area contributed by atoms with Crippen molar-refractivity contribution in [2.45, 2.75) is 20.0 Å². The predicted molar refractivity (Wildman–Crippen MR) is 107 cm³/mol. The van der Waals surface area contributed by atoms with Gasteiger partial charge in [-0.15, -0.1) is 0 Å². The van der Waals surface area contributed by atoms with E-state index in [9.17, 15) is 4.79 Å². The number of hydrogen-bond donors (Lipinski definition) is 1. The van der Waals surface area contributed by atoms with E-state index >= 15 is 0 Å². The molecular weight excluding hydrogens is 354 g/mol. The number of likely N-dealkylation sites (N-methyl/N-ethyl adjacent to an activating group) is 1. The van der Waals surface area contributed by atoms with Crippen LogP contribution in [0.5, 0.6) is 11.5 Å². The molecule has 0 aliphatic carbocycles. The molecule has 1 N–H and O–H groups in total. The first-order chi connectivity index (χ1) is 13.5. The summed E-state index contributed by atoms with van der Waals surface area (Å²) in [5, 5.41) is 7.24. The molecule has 0 saturated carbocycles. The Kier molecular flexibility index (Phi) is 4.77. The zero-order valence-electron chi connectivity index (χ0n) is 16.2. The van der Waals surface area contributed by atoms with E-state index in [1.54, 1.807) is 11.9 Å². The van der Waals surface area contributed by atoms with E-state index in [0.29, 0.717) is 24.5 Å². The van der Waals surface area contributed by atoms with Crippen molar-refractivity contribution in [3.8, 4) is 22.6 Å². The number of carbonyl (C=O) groups is 1. The molecule has 0 spiro atoms. The van der Waals surface area contributed by atoms with Gasteiger partial charge < -0.3 is 14.4 Å². The molecule has 3 aromatic rings. The number of carbonyl (C=O) groups excluding carboxylic acids is 1. The number of ether oxygens (including phenoxy) is 2. The Hall–Kier alpha value is -3.28. The maximum Gasteiger partial charge on any atom is 0.253 e. The van der Waals surface area contributed by atoms with Crippen molar-refractivity contribution in [3.05, 3.63) is 65.5 Å². The lowest BCUT2D eigenvalue weighted by molar-refractivity contribution is 0.0521. The number of nitrogens with one attached hydrogen (secondary N) is 1. The van der Waals surface area contributed by atoms with Gasteiger partial charge in [0, 0.05) is 23.9 Å². The second-order valence-corrected chi connectivity index (χ2v) is 7.07. The van der Waals surface area contributed by atoms with Crippen LogP contribution in [0.1, 0.15) is 21.7 Å². The Morgan fingerprint density at radius 3 is 2.71 bits per heavy atom. The number of amides is 1. The van der Waals surface area contributed by atoms with Crippen LogP contribution in [0.3, 0.4) is 0 Å². The molecule has 0 fully saturated rings. The van der Waals surface area contributed by atoms with Gasteiger partial charge in [0.2, 0.25) is 0 Å². The molecule has 2 aromatic carbocycles. The second kappa shape index (κ2) is 7.38. The van der Waals surface area contributed by atoms with E-state index in [-0.39, 0.29) is 12.0 Å². The Balaban J connectivity index is 1.48. The van der Waals surface area contributed by atoms with Crippen molar-refractivity contribution in [3.63, 3.8) is 0 Å². The van der Waals surface area contributed by atoms with E-state index in [4.69, 9.17) is 9.47 Å². The van der Waals surface area contributed by atoms with Gasteiger partial charge in [-0.05, 0) is 43.7 Å². The number of nitrogens with zero attached hydrogens (tertiary/aromatic N) is 2. The Bertz CT molecular complexity index is 992. The van der Waals surface area contributed by atoms with E-state index in [0.717, 1.165) is 28.3 Å². The first kappa shape index (κ1) is 18.1. The average Bonchev–Trinajstić information content (AvgIpc) is 3.05. The number of aryl methyl sites for hydroxylation is 2. The fourth-order valence-corrected chi connectivity index (χ4v) is 3.55. The van der Waals surface area contributed by atoms with Crippen LogP contribution in [-0.2, 0) is 0 Å². The van der Waals surface area contributed by atoms with Gasteiger partial charge in [-0.3, -0.25) is 9.89 Å². The van der Waals surface area contributed by atoms with Gasteiger partial charge in [0.15, 0.2) is 17.6 Å². The normalized spacial score (nSPS) is 15.3. The fraction of sp³-hybridized carbons (Fsp3) is 0.273. The minimum atomic E-state index is -0.203. The van der Waals surface area contributed by atoms with E-state index < -0.39 is 0 Å². The summed E-state index contributed by atoms with van der Waals surface area (Å²) in [6.07, 6.45) is -0.203. The van der Waals surface area contributed by atoms with Crippen LogP contribution in [0.4, 0.5) is 0 Å². The molecule has 1 aromatic heterocycles. The van der Waals surface area contributed by atoms with Crippen molar-refractivity contribution in [2.24, 2.45) is 0 Å². The number of aromatic nitrogens is 2. The van der Waals surface area contributed by atoms with Crippen LogP contribution in [0.25, 0.3) is 11.1 Å². The number of rotatable bonds is 4. The van der Waals surface area contributed by atoms with Crippen molar-refractivity contribution < 1.29 is 14.3 Å². The van der Waals surface area contributed by atoms with Gasteiger partial charge in [0.05, 0.1) is 12.2 Å². The van der Waals surface area contributed by atoms with Crippen LogP contribution in [0, 0.1) is 13.8 Å². The SMILES string of the molecule is Cc1n[nH]c(C)c1-c1cccc(C(=O)N(C)C[C@@H]2COc3ccccc3O2)c1. The van der Waals surface area contributed by atoms with Gasteiger partial charge in [-0.2, -0.15) is 5.10 Å². The highest BCUT2D eigenvalue weighted by Crippen LogP contribution is 2.31. The van der Waals surface area contributed by atoms with Crippen molar-refractivity contribution in [1.29, 1.82) is 0 Å². The summed E-state index contributed by atoms with van der Waals surface area (Å²) in [6.45, 7) is 4.80. The number of H-pyrrole nitrogens is 1. The highest BCUT2D eigenvalue weighted by atomic mass is 16.6. The number of para-hydroxylation sites is 2. The minimum absolute atomic E-state index is 0.0527. The number of benzene rings is 2. The van der Waals surface area contributed by atoms with Crippen LogP contribution in [-0.4, -0.2) is 47.3 Å². The molecule has 0 saturated heterocycles. The standard InChI is InChI=1S/C22H23N3O3/c1-14-21(15(2)24-23-14)16-7-6-8-17(11-16)22(26)25(3)12-18-13-27-19-9-4-5-10-20(19)28-18/h4-11,18H,12-13H2,1-3H3,(H,23,24)/t18-/m1/s1. The number of hydrogen-bond acceptors (Lipinski definition) is 4. The molecule has 144 valence electrons. The highest BCUT2D eigenvalue weighted by molar-refractivity contribution is 5.95. The maximum absolute atomic E-state index is 13.0. The molecule has 0 radical (unpaired) electrons. The third-order valence-corrected chi connectivity index (χ3v) is 4.92. The lowest BCUT2D eigenvalue weighted by Crippen LogP contribution is -2.41. The van der Waals surface area contributed by atoms with Crippen LogP contribution < -0.4 is 9.47 Å². The van der Waals surface area contributed by atoms with Gasteiger partial charge >= 0.3 is 0 Å². The quantitative estimate of drug-likeness (QED) is 0.754. The third-order valence-electron chi connectivity index (χ3n) is 4.92. The zero-order chi connectivity index (χ0) is 19.7. The largest absolute Gasteiger partial charge is 0.486 e.